The lowest BCUT2D eigenvalue weighted by molar-refractivity contribution is -0.131. The largest absolute Gasteiger partial charge is 0.459 e. The Morgan fingerprint density at radius 1 is 1.26 bits per heavy atom. The molecule has 2 heterocycles. The van der Waals surface area contributed by atoms with Crippen LogP contribution >= 0.6 is 0 Å². The molecule has 0 aliphatic carbocycles. The molecule has 0 saturated heterocycles. The fourth-order valence-electron chi connectivity index (χ4n) is 3.33. The van der Waals surface area contributed by atoms with Gasteiger partial charge in [0.1, 0.15) is 17.2 Å². The van der Waals surface area contributed by atoms with E-state index in [2.05, 4.69) is 10.5 Å². The van der Waals surface area contributed by atoms with Crippen molar-refractivity contribution < 1.29 is 18.4 Å². The first-order valence-corrected chi connectivity index (χ1v) is 8.80. The fourth-order valence-corrected chi connectivity index (χ4v) is 3.33. The van der Waals surface area contributed by atoms with Gasteiger partial charge in [0.15, 0.2) is 0 Å². The summed E-state index contributed by atoms with van der Waals surface area (Å²) in [7, 11) is 0. The lowest BCUT2D eigenvalue weighted by Crippen LogP contribution is -2.36. The fraction of sp³-hybridized carbons (Fsp3) is 0.238. The number of furan rings is 1. The number of hydrogen-bond donors (Lipinski definition) is 1. The van der Waals surface area contributed by atoms with Crippen molar-refractivity contribution in [2.45, 2.75) is 32.4 Å². The SMILES string of the molecule is Cc1c(C(C)NC(=O)C2CC(c3cccc(F)c3)=NO2)oc2ccccc12. The van der Waals surface area contributed by atoms with E-state index in [1.807, 2.05) is 38.1 Å². The van der Waals surface area contributed by atoms with E-state index >= 15 is 0 Å². The summed E-state index contributed by atoms with van der Waals surface area (Å²) in [5.74, 6) is 0.0865. The van der Waals surface area contributed by atoms with Gasteiger partial charge in [-0.25, -0.2) is 4.39 Å². The van der Waals surface area contributed by atoms with E-state index in [-0.39, 0.29) is 17.8 Å². The second kappa shape index (κ2) is 6.87. The van der Waals surface area contributed by atoms with E-state index < -0.39 is 6.10 Å². The zero-order chi connectivity index (χ0) is 19.0. The maximum absolute atomic E-state index is 13.4. The first kappa shape index (κ1) is 17.3. The number of nitrogens with one attached hydrogen (secondary N) is 1. The molecule has 5 nitrogen and oxygen atoms in total. The Bertz CT molecular complexity index is 1040. The molecule has 1 amide bonds. The molecule has 0 bridgehead atoms. The molecule has 2 atom stereocenters. The van der Waals surface area contributed by atoms with E-state index in [1.165, 1.54) is 12.1 Å². The minimum atomic E-state index is -0.740. The molecule has 0 spiro atoms. The predicted octanol–water partition coefficient (Wildman–Crippen LogP) is 4.25. The van der Waals surface area contributed by atoms with Crippen LogP contribution in [-0.2, 0) is 9.63 Å². The summed E-state index contributed by atoms with van der Waals surface area (Å²) in [6, 6.07) is 13.5. The molecule has 138 valence electrons. The Hall–Kier alpha value is -3.15. The van der Waals surface area contributed by atoms with Crippen LogP contribution in [0.25, 0.3) is 11.0 Å². The van der Waals surface area contributed by atoms with Crippen molar-refractivity contribution >= 4 is 22.6 Å². The number of aryl methyl sites for hydroxylation is 1. The normalized spacial score (nSPS) is 17.4. The minimum absolute atomic E-state index is 0.280. The number of fused-ring (bicyclic) bond motifs is 1. The highest BCUT2D eigenvalue weighted by Gasteiger charge is 2.30. The average molecular weight is 366 g/mol. The molecule has 1 aromatic heterocycles. The third-order valence-corrected chi connectivity index (χ3v) is 4.75. The highest BCUT2D eigenvalue weighted by atomic mass is 19.1. The standard InChI is InChI=1S/C21H19FN2O3/c1-12-16-8-3-4-9-18(16)26-20(12)13(2)23-21(25)19-11-17(24-27-19)14-6-5-7-15(22)10-14/h3-10,13,19H,11H2,1-2H3,(H,23,25). The quantitative estimate of drug-likeness (QED) is 0.751. The van der Waals surface area contributed by atoms with Crippen LogP contribution in [0.3, 0.4) is 0 Å². The van der Waals surface area contributed by atoms with Crippen LogP contribution in [0.5, 0.6) is 0 Å². The summed E-state index contributed by atoms with van der Waals surface area (Å²) in [5.41, 5.74) is 2.97. The predicted molar refractivity (Wildman–Crippen MR) is 99.9 cm³/mol. The lowest BCUT2D eigenvalue weighted by atomic mass is 10.0. The summed E-state index contributed by atoms with van der Waals surface area (Å²) >= 11 is 0. The van der Waals surface area contributed by atoms with E-state index in [0.717, 1.165) is 16.5 Å². The molecule has 1 N–H and O–H groups in total. The molecular weight excluding hydrogens is 347 g/mol. The molecular formula is C21H19FN2O3. The molecule has 6 heteroatoms. The average Bonchev–Trinajstić information content (AvgIpc) is 3.28. The molecule has 0 saturated carbocycles. The number of nitrogens with zero attached hydrogens (tertiary/aromatic N) is 1. The number of carbonyl (C=O) groups excluding carboxylic acids is 1. The van der Waals surface area contributed by atoms with Gasteiger partial charge in [-0.1, -0.05) is 35.5 Å². The third kappa shape index (κ3) is 3.30. The Labute approximate surface area is 155 Å². The van der Waals surface area contributed by atoms with Crippen LogP contribution in [0, 0.1) is 12.7 Å². The first-order chi connectivity index (χ1) is 13.0. The van der Waals surface area contributed by atoms with Crippen LogP contribution in [0.15, 0.2) is 58.1 Å². The molecule has 1 aliphatic heterocycles. The number of hydrogen-bond acceptors (Lipinski definition) is 4. The Kier molecular flexibility index (Phi) is 4.39. The summed E-state index contributed by atoms with van der Waals surface area (Å²) in [4.78, 5) is 17.8. The van der Waals surface area contributed by atoms with Crippen molar-refractivity contribution in [3.8, 4) is 0 Å². The van der Waals surface area contributed by atoms with E-state index in [1.54, 1.807) is 12.1 Å². The van der Waals surface area contributed by atoms with Gasteiger partial charge in [0.2, 0.25) is 6.10 Å². The molecule has 2 unspecified atom stereocenters. The van der Waals surface area contributed by atoms with Gasteiger partial charge in [-0.3, -0.25) is 4.79 Å². The van der Waals surface area contributed by atoms with Gasteiger partial charge in [0, 0.05) is 22.9 Å². The van der Waals surface area contributed by atoms with Gasteiger partial charge in [-0.05, 0) is 32.0 Å². The van der Waals surface area contributed by atoms with Crippen molar-refractivity contribution in [1.29, 1.82) is 0 Å². The van der Waals surface area contributed by atoms with Gasteiger partial charge in [-0.2, -0.15) is 0 Å². The first-order valence-electron chi connectivity index (χ1n) is 8.80. The van der Waals surface area contributed by atoms with Crippen LogP contribution in [0.1, 0.15) is 36.3 Å². The van der Waals surface area contributed by atoms with Gasteiger partial charge in [0.05, 0.1) is 11.8 Å². The molecule has 27 heavy (non-hydrogen) atoms. The van der Waals surface area contributed by atoms with Gasteiger partial charge >= 0.3 is 0 Å². The van der Waals surface area contributed by atoms with Crippen molar-refractivity contribution in [3.63, 3.8) is 0 Å². The second-order valence-corrected chi connectivity index (χ2v) is 6.66. The summed E-state index contributed by atoms with van der Waals surface area (Å²) in [5, 5.41) is 7.90. The van der Waals surface area contributed by atoms with Crippen molar-refractivity contribution in [3.05, 3.63) is 71.2 Å². The number of amides is 1. The molecule has 1 aliphatic rings. The zero-order valence-corrected chi connectivity index (χ0v) is 15.0. The molecule has 0 radical (unpaired) electrons. The second-order valence-electron chi connectivity index (χ2n) is 6.66. The van der Waals surface area contributed by atoms with Crippen molar-refractivity contribution in [2.24, 2.45) is 5.16 Å². The molecule has 2 aromatic carbocycles. The number of halogens is 1. The number of para-hydroxylation sites is 1. The van der Waals surface area contributed by atoms with Crippen LogP contribution in [-0.4, -0.2) is 17.7 Å². The van der Waals surface area contributed by atoms with E-state index in [0.29, 0.717) is 23.5 Å². The van der Waals surface area contributed by atoms with E-state index in [4.69, 9.17) is 9.25 Å². The number of oxime groups is 1. The highest BCUT2D eigenvalue weighted by molar-refractivity contribution is 6.04. The van der Waals surface area contributed by atoms with Crippen molar-refractivity contribution in [1.82, 2.24) is 5.32 Å². The zero-order valence-electron chi connectivity index (χ0n) is 15.0. The molecule has 4 rings (SSSR count). The summed E-state index contributed by atoms with van der Waals surface area (Å²) in [6.07, 6.45) is -0.448. The molecule has 3 aromatic rings. The van der Waals surface area contributed by atoms with E-state index in [9.17, 15) is 9.18 Å². The van der Waals surface area contributed by atoms with Crippen LogP contribution < -0.4 is 5.32 Å². The Morgan fingerprint density at radius 3 is 2.85 bits per heavy atom. The molecule has 0 fully saturated rings. The maximum Gasteiger partial charge on any atom is 0.264 e. The smallest absolute Gasteiger partial charge is 0.264 e. The number of carbonyl (C=O) groups is 1. The monoisotopic (exact) mass is 366 g/mol. The van der Waals surface area contributed by atoms with Crippen molar-refractivity contribution in [2.75, 3.05) is 0 Å². The van der Waals surface area contributed by atoms with Gasteiger partial charge in [0.25, 0.3) is 5.91 Å². The summed E-state index contributed by atoms with van der Waals surface area (Å²) in [6.45, 7) is 3.84. The Balaban J connectivity index is 1.44. The van der Waals surface area contributed by atoms with Crippen LogP contribution in [0.2, 0.25) is 0 Å². The topological polar surface area (TPSA) is 63.8 Å². The maximum atomic E-state index is 13.4. The summed E-state index contributed by atoms with van der Waals surface area (Å²) < 4.78 is 19.3. The highest BCUT2D eigenvalue weighted by Crippen LogP contribution is 2.29. The minimum Gasteiger partial charge on any atom is -0.459 e. The number of benzene rings is 2. The third-order valence-electron chi connectivity index (χ3n) is 4.75. The van der Waals surface area contributed by atoms with Gasteiger partial charge in [-0.15, -0.1) is 0 Å². The van der Waals surface area contributed by atoms with Crippen LogP contribution in [0.4, 0.5) is 4.39 Å². The lowest BCUT2D eigenvalue weighted by Gasteiger charge is -2.15. The Morgan fingerprint density at radius 2 is 2.07 bits per heavy atom. The van der Waals surface area contributed by atoms with Gasteiger partial charge < -0.3 is 14.6 Å². The number of rotatable bonds is 4.